The zero-order valence-electron chi connectivity index (χ0n) is 18.0. The van der Waals surface area contributed by atoms with Crippen LogP contribution in [-0.4, -0.2) is 59.4 Å². The lowest BCUT2D eigenvalue weighted by Crippen LogP contribution is -2.43. The summed E-state index contributed by atoms with van der Waals surface area (Å²) in [7, 11) is 0. The summed E-state index contributed by atoms with van der Waals surface area (Å²) in [4.78, 5) is 43.0. The molecule has 0 saturated carbocycles. The van der Waals surface area contributed by atoms with Gasteiger partial charge < -0.3 is 26.0 Å². The minimum atomic E-state index is -0.525. The number of guanidine groups is 1. The molecule has 1 aliphatic rings. The number of likely N-dealkylation sites (tertiary alicyclic amines) is 1. The first-order valence-corrected chi connectivity index (χ1v) is 10.7. The third kappa shape index (κ3) is 7.88. The van der Waals surface area contributed by atoms with E-state index in [4.69, 9.17) is 15.9 Å². The number of amides is 2. The highest BCUT2D eigenvalue weighted by atomic mass is 16.5. The molecule has 1 fully saturated rings. The fraction of sp³-hybridized carbons (Fsp3) is 0.571. The Morgan fingerprint density at radius 1 is 1.32 bits per heavy atom. The van der Waals surface area contributed by atoms with Gasteiger partial charge in [0, 0.05) is 32.1 Å². The zero-order chi connectivity index (χ0) is 22.6. The van der Waals surface area contributed by atoms with Gasteiger partial charge in [0.05, 0.1) is 6.61 Å². The predicted octanol–water partition coefficient (Wildman–Crippen LogP) is 1.16. The summed E-state index contributed by atoms with van der Waals surface area (Å²) in [6.07, 6.45) is 5.28. The molecule has 1 atom stereocenters. The number of esters is 1. The number of anilines is 1. The number of nitrogens with one attached hydrogen (secondary N) is 3. The fourth-order valence-corrected chi connectivity index (χ4v) is 3.53. The van der Waals surface area contributed by atoms with Crippen molar-refractivity contribution in [3.63, 3.8) is 0 Å². The van der Waals surface area contributed by atoms with E-state index < -0.39 is 6.04 Å². The number of hydrogen-bond donors (Lipinski definition) is 4. The van der Waals surface area contributed by atoms with Gasteiger partial charge in [0.2, 0.25) is 11.8 Å². The van der Waals surface area contributed by atoms with Gasteiger partial charge in [-0.05, 0) is 50.7 Å². The molecule has 0 aliphatic carbocycles. The van der Waals surface area contributed by atoms with Crippen molar-refractivity contribution in [2.24, 2.45) is 5.73 Å². The van der Waals surface area contributed by atoms with E-state index in [1.54, 1.807) is 24.1 Å². The van der Waals surface area contributed by atoms with Gasteiger partial charge >= 0.3 is 5.97 Å². The second-order valence-corrected chi connectivity index (χ2v) is 7.35. The van der Waals surface area contributed by atoms with Crippen molar-refractivity contribution in [1.29, 1.82) is 5.41 Å². The Labute approximate surface area is 182 Å². The number of rotatable bonds is 11. The second kappa shape index (κ2) is 12.5. The fourth-order valence-electron chi connectivity index (χ4n) is 3.53. The molecule has 1 unspecified atom stereocenters. The van der Waals surface area contributed by atoms with Gasteiger partial charge in [-0.25, -0.2) is 4.98 Å². The molecule has 2 rings (SSSR count). The highest BCUT2D eigenvalue weighted by molar-refractivity contribution is 5.97. The summed E-state index contributed by atoms with van der Waals surface area (Å²) in [6.45, 7) is 3.18. The van der Waals surface area contributed by atoms with E-state index in [0.29, 0.717) is 57.6 Å². The molecule has 2 amide bonds. The first-order valence-electron chi connectivity index (χ1n) is 10.7. The van der Waals surface area contributed by atoms with Crippen molar-refractivity contribution in [2.45, 2.75) is 57.9 Å². The number of nitrogens with two attached hydrogens (primary N) is 1. The van der Waals surface area contributed by atoms with E-state index in [0.717, 1.165) is 12.0 Å². The Kier molecular flexibility index (Phi) is 9.73. The van der Waals surface area contributed by atoms with E-state index in [-0.39, 0.29) is 30.2 Å². The summed E-state index contributed by atoms with van der Waals surface area (Å²) in [6, 6.07) is 3.04. The molecule has 10 nitrogen and oxygen atoms in total. The monoisotopic (exact) mass is 432 g/mol. The Morgan fingerprint density at radius 2 is 2.13 bits per heavy atom. The van der Waals surface area contributed by atoms with Crippen molar-refractivity contribution in [1.82, 2.24) is 15.2 Å². The number of aryl methyl sites for hydroxylation is 1. The van der Waals surface area contributed by atoms with Crippen molar-refractivity contribution in [3.05, 3.63) is 23.9 Å². The van der Waals surface area contributed by atoms with E-state index in [1.165, 1.54) is 0 Å². The number of pyridine rings is 1. The van der Waals surface area contributed by atoms with Crippen LogP contribution in [0.1, 0.15) is 51.0 Å². The Bertz CT molecular complexity index is 785. The van der Waals surface area contributed by atoms with Gasteiger partial charge in [-0.15, -0.1) is 0 Å². The van der Waals surface area contributed by atoms with Gasteiger partial charge in [0.25, 0.3) is 0 Å². The van der Waals surface area contributed by atoms with Crippen LogP contribution in [-0.2, 0) is 25.5 Å². The minimum Gasteiger partial charge on any atom is -0.466 e. The van der Waals surface area contributed by atoms with Gasteiger partial charge in [-0.1, -0.05) is 6.07 Å². The quantitative estimate of drug-likeness (QED) is 0.177. The van der Waals surface area contributed by atoms with Crippen molar-refractivity contribution in [2.75, 3.05) is 25.0 Å². The molecule has 10 heteroatoms. The lowest BCUT2D eigenvalue weighted by atomic mass is 10.1. The topological polar surface area (TPSA) is 150 Å². The lowest BCUT2D eigenvalue weighted by Gasteiger charge is -2.24. The number of ether oxygens (including phenoxy) is 1. The molecule has 0 aromatic carbocycles. The Morgan fingerprint density at radius 3 is 2.87 bits per heavy atom. The van der Waals surface area contributed by atoms with E-state index in [9.17, 15) is 14.4 Å². The number of unbranched alkanes of at least 4 members (excludes halogenated alkanes) is 1. The minimum absolute atomic E-state index is 0.0518. The average Bonchev–Trinajstić information content (AvgIpc) is 3.23. The van der Waals surface area contributed by atoms with Crippen LogP contribution in [0, 0.1) is 5.41 Å². The molecular formula is C21H32N6O4. The van der Waals surface area contributed by atoms with Crippen LogP contribution in [0.4, 0.5) is 5.82 Å². The van der Waals surface area contributed by atoms with Gasteiger partial charge in [0.15, 0.2) is 5.96 Å². The van der Waals surface area contributed by atoms with E-state index >= 15 is 0 Å². The van der Waals surface area contributed by atoms with Gasteiger partial charge in [-0.3, -0.25) is 19.8 Å². The SMILES string of the molecule is CCOC(=O)CCc1cccnc1NC(=O)C1CCCN1C(=O)CCCCNC(=N)N. The molecule has 170 valence electrons. The first-order chi connectivity index (χ1) is 14.9. The Hall–Kier alpha value is -3.17. The molecule has 1 saturated heterocycles. The summed E-state index contributed by atoms with van der Waals surface area (Å²) in [5, 5.41) is 12.7. The number of carbonyl (C=O) groups is 3. The molecule has 31 heavy (non-hydrogen) atoms. The molecule has 0 radical (unpaired) electrons. The Balaban J connectivity index is 1.90. The molecule has 5 N–H and O–H groups in total. The molecule has 1 aromatic rings. The normalized spacial score (nSPS) is 15.4. The maximum atomic E-state index is 12.9. The number of carbonyl (C=O) groups excluding carboxylic acids is 3. The predicted molar refractivity (Wildman–Crippen MR) is 116 cm³/mol. The zero-order valence-corrected chi connectivity index (χ0v) is 18.0. The highest BCUT2D eigenvalue weighted by Crippen LogP contribution is 2.22. The number of hydrogen-bond acceptors (Lipinski definition) is 6. The third-order valence-electron chi connectivity index (χ3n) is 5.05. The molecule has 1 aliphatic heterocycles. The van der Waals surface area contributed by atoms with Crippen molar-refractivity contribution in [3.8, 4) is 0 Å². The van der Waals surface area contributed by atoms with Crippen molar-refractivity contribution < 1.29 is 19.1 Å². The van der Waals surface area contributed by atoms with Crippen molar-refractivity contribution >= 4 is 29.6 Å². The van der Waals surface area contributed by atoms with Crippen LogP contribution in [0.2, 0.25) is 0 Å². The summed E-state index contributed by atoms with van der Waals surface area (Å²) < 4.78 is 4.95. The summed E-state index contributed by atoms with van der Waals surface area (Å²) in [5.74, 6) is -0.288. The summed E-state index contributed by atoms with van der Waals surface area (Å²) in [5.41, 5.74) is 5.98. The molecular weight excluding hydrogens is 400 g/mol. The number of aromatic nitrogens is 1. The van der Waals surface area contributed by atoms with Crippen LogP contribution in [0.3, 0.4) is 0 Å². The largest absolute Gasteiger partial charge is 0.466 e. The summed E-state index contributed by atoms with van der Waals surface area (Å²) >= 11 is 0. The highest BCUT2D eigenvalue weighted by Gasteiger charge is 2.34. The molecule has 0 bridgehead atoms. The average molecular weight is 433 g/mol. The van der Waals surface area contributed by atoms with E-state index in [1.807, 2.05) is 6.07 Å². The smallest absolute Gasteiger partial charge is 0.306 e. The first kappa shape index (κ1) is 24.1. The molecule has 0 spiro atoms. The van der Waals surface area contributed by atoms with E-state index in [2.05, 4.69) is 15.6 Å². The lowest BCUT2D eigenvalue weighted by molar-refractivity contribution is -0.143. The second-order valence-electron chi connectivity index (χ2n) is 7.35. The maximum Gasteiger partial charge on any atom is 0.306 e. The van der Waals surface area contributed by atoms with Gasteiger partial charge in [0.1, 0.15) is 11.9 Å². The third-order valence-corrected chi connectivity index (χ3v) is 5.05. The van der Waals surface area contributed by atoms with Crippen LogP contribution in [0.15, 0.2) is 18.3 Å². The van der Waals surface area contributed by atoms with Gasteiger partial charge in [-0.2, -0.15) is 0 Å². The van der Waals surface area contributed by atoms with Crippen LogP contribution >= 0.6 is 0 Å². The van der Waals surface area contributed by atoms with Crippen LogP contribution in [0.5, 0.6) is 0 Å². The number of nitrogens with zero attached hydrogens (tertiary/aromatic N) is 2. The standard InChI is InChI=1S/C21H32N6O4/c1-2-31-18(29)11-10-15-7-5-13-24-19(15)26-20(30)16-8-6-14-27(16)17(28)9-3-4-12-25-21(22)23/h5,7,13,16H,2-4,6,8-12,14H2,1H3,(H4,22,23,25)(H,24,26,30). The molecule has 1 aromatic heterocycles. The molecule has 2 heterocycles. The van der Waals surface area contributed by atoms with Crippen LogP contribution in [0.25, 0.3) is 0 Å². The maximum absolute atomic E-state index is 12.9. The van der Waals surface area contributed by atoms with Crippen LogP contribution < -0.4 is 16.4 Å².